The summed E-state index contributed by atoms with van der Waals surface area (Å²) in [6.45, 7) is -1.02. The highest BCUT2D eigenvalue weighted by Crippen LogP contribution is 2.29. The van der Waals surface area contributed by atoms with Gasteiger partial charge in [-0.2, -0.15) is 13.2 Å². The average molecular weight is 383 g/mol. The summed E-state index contributed by atoms with van der Waals surface area (Å²) >= 11 is 1.26. The number of non-ortho nitro benzene ring substituents is 1. The molecular weight excluding hydrogens is 371 g/mol. The van der Waals surface area contributed by atoms with E-state index in [1.54, 1.807) is 18.2 Å². The molecule has 26 heavy (non-hydrogen) atoms. The molecule has 0 bridgehead atoms. The number of nitrogens with zero attached hydrogens (tertiary/aromatic N) is 2. The number of ether oxygens (including phenoxy) is 1. The molecule has 0 aliphatic heterocycles. The van der Waals surface area contributed by atoms with Crippen molar-refractivity contribution >= 4 is 32.4 Å². The lowest BCUT2D eigenvalue weighted by Gasteiger charge is -2.10. The number of nitrogens with one attached hydrogen (secondary N) is 1. The highest BCUT2D eigenvalue weighted by molar-refractivity contribution is 7.22. The van der Waals surface area contributed by atoms with Crippen molar-refractivity contribution in [1.82, 2.24) is 4.98 Å². The number of halogens is 3. The number of nitro groups is 1. The minimum absolute atomic E-state index is 0.0118. The van der Waals surface area contributed by atoms with Crippen LogP contribution >= 0.6 is 11.3 Å². The summed E-state index contributed by atoms with van der Waals surface area (Å²) in [5, 5.41) is 14.4. The molecular formula is C16H12F3N3O3S. The molecule has 0 saturated heterocycles. The van der Waals surface area contributed by atoms with E-state index >= 15 is 0 Å². The summed E-state index contributed by atoms with van der Waals surface area (Å²) < 4.78 is 42.0. The molecule has 1 N–H and O–H groups in total. The van der Waals surface area contributed by atoms with E-state index in [9.17, 15) is 23.3 Å². The second-order valence-corrected chi connectivity index (χ2v) is 6.36. The standard InChI is InChI=1S/C16H12F3N3O3S/c17-16(18,19)9-25-12-3-1-2-10(6-12)8-20-15-21-13-5-4-11(22(23)24)7-14(13)26-15/h1-7H,8-9H2,(H,20,21). The number of fused-ring (bicyclic) bond motifs is 1. The van der Waals surface area contributed by atoms with Crippen LogP contribution in [0.1, 0.15) is 5.56 Å². The maximum absolute atomic E-state index is 12.2. The van der Waals surface area contributed by atoms with Gasteiger partial charge < -0.3 is 10.1 Å². The van der Waals surface area contributed by atoms with Gasteiger partial charge in [0, 0.05) is 18.7 Å². The number of hydrogen-bond donors (Lipinski definition) is 1. The Balaban J connectivity index is 1.67. The summed E-state index contributed by atoms with van der Waals surface area (Å²) in [6, 6.07) is 10.7. The Morgan fingerprint density at radius 1 is 1.23 bits per heavy atom. The van der Waals surface area contributed by atoms with Crippen LogP contribution in [-0.4, -0.2) is 22.7 Å². The molecule has 0 aliphatic carbocycles. The van der Waals surface area contributed by atoms with E-state index in [2.05, 4.69) is 10.3 Å². The van der Waals surface area contributed by atoms with E-state index < -0.39 is 17.7 Å². The van der Waals surface area contributed by atoms with Gasteiger partial charge in [0.15, 0.2) is 11.7 Å². The fourth-order valence-corrected chi connectivity index (χ4v) is 3.09. The van der Waals surface area contributed by atoms with Crippen molar-refractivity contribution < 1.29 is 22.8 Å². The fraction of sp³-hybridized carbons (Fsp3) is 0.188. The first-order valence-electron chi connectivity index (χ1n) is 7.37. The SMILES string of the molecule is O=[N+]([O-])c1ccc2nc(NCc3cccc(OCC(F)(F)F)c3)sc2c1. The number of hydrogen-bond acceptors (Lipinski definition) is 6. The van der Waals surface area contributed by atoms with Gasteiger partial charge in [0.2, 0.25) is 0 Å². The van der Waals surface area contributed by atoms with E-state index in [4.69, 9.17) is 4.74 Å². The van der Waals surface area contributed by atoms with Gasteiger partial charge in [0.1, 0.15) is 5.75 Å². The second-order valence-electron chi connectivity index (χ2n) is 5.33. The van der Waals surface area contributed by atoms with Crippen LogP contribution in [0.15, 0.2) is 42.5 Å². The third-order valence-corrected chi connectivity index (χ3v) is 4.30. The van der Waals surface area contributed by atoms with Gasteiger partial charge in [-0.05, 0) is 23.8 Å². The first-order chi connectivity index (χ1) is 12.3. The normalized spacial score (nSPS) is 11.5. The number of benzene rings is 2. The molecule has 0 radical (unpaired) electrons. The van der Waals surface area contributed by atoms with E-state index in [-0.39, 0.29) is 11.4 Å². The van der Waals surface area contributed by atoms with Gasteiger partial charge in [-0.3, -0.25) is 10.1 Å². The maximum Gasteiger partial charge on any atom is 0.422 e. The third-order valence-electron chi connectivity index (χ3n) is 3.33. The largest absolute Gasteiger partial charge is 0.484 e. The van der Waals surface area contributed by atoms with Crippen LogP contribution < -0.4 is 10.1 Å². The number of nitro benzene ring substituents is 1. The monoisotopic (exact) mass is 383 g/mol. The van der Waals surface area contributed by atoms with Crippen molar-refractivity contribution in [2.24, 2.45) is 0 Å². The highest BCUT2D eigenvalue weighted by Gasteiger charge is 2.28. The molecule has 0 atom stereocenters. The first kappa shape index (κ1) is 17.9. The van der Waals surface area contributed by atoms with Gasteiger partial charge in [-0.15, -0.1) is 0 Å². The Kier molecular flexibility index (Phi) is 4.94. The first-order valence-corrected chi connectivity index (χ1v) is 8.19. The average Bonchev–Trinajstić information content (AvgIpc) is 3.00. The highest BCUT2D eigenvalue weighted by atomic mass is 32.1. The predicted molar refractivity (Wildman–Crippen MR) is 91.6 cm³/mol. The Bertz CT molecular complexity index is 943. The van der Waals surface area contributed by atoms with E-state index in [1.165, 1.54) is 35.6 Å². The van der Waals surface area contributed by atoms with Crippen LogP contribution in [-0.2, 0) is 6.54 Å². The van der Waals surface area contributed by atoms with Crippen molar-refractivity contribution in [2.75, 3.05) is 11.9 Å². The molecule has 3 rings (SSSR count). The van der Waals surface area contributed by atoms with Crippen LogP contribution in [0.5, 0.6) is 5.75 Å². The zero-order valence-electron chi connectivity index (χ0n) is 13.1. The molecule has 0 saturated carbocycles. The molecule has 0 fully saturated rings. The number of thiazole rings is 1. The molecule has 136 valence electrons. The quantitative estimate of drug-likeness (QED) is 0.491. The van der Waals surface area contributed by atoms with Crippen molar-refractivity contribution in [3.63, 3.8) is 0 Å². The van der Waals surface area contributed by atoms with Crippen molar-refractivity contribution in [1.29, 1.82) is 0 Å². The minimum Gasteiger partial charge on any atom is -0.484 e. The number of aromatic nitrogens is 1. The number of rotatable bonds is 6. The Morgan fingerprint density at radius 3 is 2.77 bits per heavy atom. The Morgan fingerprint density at radius 2 is 2.04 bits per heavy atom. The van der Waals surface area contributed by atoms with Gasteiger partial charge in [0.05, 0.1) is 15.1 Å². The zero-order chi connectivity index (χ0) is 18.7. The topological polar surface area (TPSA) is 77.3 Å². The van der Waals surface area contributed by atoms with Crippen LogP contribution in [0.3, 0.4) is 0 Å². The lowest BCUT2D eigenvalue weighted by Crippen LogP contribution is -2.19. The molecule has 1 aromatic heterocycles. The van der Waals surface area contributed by atoms with Crippen molar-refractivity contribution in [3.8, 4) is 5.75 Å². The number of anilines is 1. The Labute approximate surface area is 149 Å². The second kappa shape index (κ2) is 7.16. The summed E-state index contributed by atoms with van der Waals surface area (Å²) in [4.78, 5) is 14.7. The molecule has 6 nitrogen and oxygen atoms in total. The predicted octanol–water partition coefficient (Wildman–Crippen LogP) is 4.76. The summed E-state index contributed by atoms with van der Waals surface area (Å²) in [5.41, 5.74) is 1.34. The van der Waals surface area contributed by atoms with Crippen LogP contribution in [0.25, 0.3) is 10.2 Å². The van der Waals surface area contributed by atoms with E-state index in [0.29, 0.717) is 21.9 Å². The van der Waals surface area contributed by atoms with Crippen molar-refractivity contribution in [3.05, 3.63) is 58.1 Å². The van der Waals surface area contributed by atoms with Crippen LogP contribution in [0.2, 0.25) is 0 Å². The summed E-state index contributed by atoms with van der Waals surface area (Å²) in [5.74, 6) is 0.126. The maximum atomic E-state index is 12.2. The molecule has 0 spiro atoms. The number of alkyl halides is 3. The van der Waals surface area contributed by atoms with Crippen LogP contribution in [0.4, 0.5) is 24.0 Å². The molecule has 0 unspecified atom stereocenters. The molecule has 2 aromatic carbocycles. The minimum atomic E-state index is -4.39. The van der Waals surface area contributed by atoms with E-state index in [1.807, 2.05) is 0 Å². The summed E-state index contributed by atoms with van der Waals surface area (Å²) in [7, 11) is 0. The molecule has 0 amide bonds. The van der Waals surface area contributed by atoms with Gasteiger partial charge in [-0.25, -0.2) is 4.98 Å². The van der Waals surface area contributed by atoms with E-state index in [0.717, 1.165) is 5.56 Å². The smallest absolute Gasteiger partial charge is 0.422 e. The van der Waals surface area contributed by atoms with Crippen LogP contribution in [0, 0.1) is 10.1 Å². The summed E-state index contributed by atoms with van der Waals surface area (Å²) in [6.07, 6.45) is -4.39. The molecule has 0 aliphatic rings. The van der Waals surface area contributed by atoms with Crippen molar-refractivity contribution in [2.45, 2.75) is 12.7 Å². The Hall–Kier alpha value is -2.88. The molecule has 3 aromatic rings. The molecule has 10 heteroatoms. The molecule has 1 heterocycles. The third kappa shape index (κ3) is 4.60. The fourth-order valence-electron chi connectivity index (χ4n) is 2.19. The van der Waals surface area contributed by atoms with Gasteiger partial charge >= 0.3 is 6.18 Å². The zero-order valence-corrected chi connectivity index (χ0v) is 13.9. The lowest BCUT2D eigenvalue weighted by molar-refractivity contribution is -0.384. The van der Waals surface area contributed by atoms with Gasteiger partial charge in [0.25, 0.3) is 5.69 Å². The lowest BCUT2D eigenvalue weighted by atomic mass is 10.2. The van der Waals surface area contributed by atoms with Gasteiger partial charge in [-0.1, -0.05) is 23.5 Å².